The molecule has 6 nitrogen and oxygen atoms in total. The summed E-state index contributed by atoms with van der Waals surface area (Å²) in [5.74, 6) is -0.154. The maximum absolute atomic E-state index is 10.6. The van der Waals surface area contributed by atoms with Crippen LogP contribution in [-0.2, 0) is 10.2 Å². The van der Waals surface area contributed by atoms with Gasteiger partial charge in [-0.2, -0.15) is 0 Å². The van der Waals surface area contributed by atoms with Gasteiger partial charge in [0.1, 0.15) is 5.82 Å². The molecule has 0 aromatic carbocycles. The lowest BCUT2D eigenvalue weighted by molar-refractivity contribution is -0.133. The molecule has 2 N–H and O–H groups in total. The summed E-state index contributed by atoms with van der Waals surface area (Å²) in [4.78, 5) is 10.6. The van der Waals surface area contributed by atoms with E-state index in [4.69, 9.17) is 5.11 Å². The van der Waals surface area contributed by atoms with Gasteiger partial charge in [0.2, 0.25) is 0 Å². The minimum absolute atomic E-state index is 0.0124. The van der Waals surface area contributed by atoms with Crippen LogP contribution in [0.1, 0.15) is 38.6 Å². The summed E-state index contributed by atoms with van der Waals surface area (Å²) >= 11 is 1.18. The maximum Gasteiger partial charge on any atom is 0.313 e. The summed E-state index contributed by atoms with van der Waals surface area (Å²) in [6.07, 6.45) is 2.13. The largest absolute Gasteiger partial charge is 0.481 e. The van der Waals surface area contributed by atoms with Crippen molar-refractivity contribution >= 4 is 17.7 Å². The van der Waals surface area contributed by atoms with Crippen LogP contribution in [-0.4, -0.2) is 43.3 Å². The van der Waals surface area contributed by atoms with Crippen LogP contribution in [0.5, 0.6) is 0 Å². The molecular weight excluding hydrogens is 254 g/mol. The second-order valence-electron chi connectivity index (χ2n) is 5.13. The number of aliphatic carboxylic acids is 1. The fraction of sp³-hybridized carbons (Fsp3) is 0.727. The van der Waals surface area contributed by atoms with Crippen molar-refractivity contribution in [2.75, 3.05) is 12.4 Å². The van der Waals surface area contributed by atoms with E-state index in [2.05, 4.69) is 10.2 Å². The first kappa shape index (κ1) is 13.4. The van der Waals surface area contributed by atoms with Crippen LogP contribution < -0.4 is 0 Å². The Bertz CT molecular complexity index is 454. The summed E-state index contributed by atoms with van der Waals surface area (Å²) in [7, 11) is 0. The number of carboxylic acid groups (broad SMARTS) is 1. The van der Waals surface area contributed by atoms with Crippen molar-refractivity contribution < 1.29 is 15.0 Å². The quantitative estimate of drug-likeness (QED) is 0.752. The average Bonchev–Trinajstić information content (AvgIpc) is 3.06. The SMILES string of the molecule is CC(C)(CO)c1nnc(SCC(=O)O)n1C1CC1. The lowest BCUT2D eigenvalue weighted by Crippen LogP contribution is -2.27. The first-order valence-corrected chi connectivity index (χ1v) is 6.85. The molecule has 1 aliphatic carbocycles. The summed E-state index contributed by atoms with van der Waals surface area (Å²) in [5.41, 5.74) is -0.461. The van der Waals surface area contributed by atoms with Crippen molar-refractivity contribution in [2.24, 2.45) is 0 Å². The molecule has 1 aliphatic rings. The minimum atomic E-state index is -0.867. The number of carboxylic acids is 1. The fourth-order valence-electron chi connectivity index (χ4n) is 1.70. The van der Waals surface area contributed by atoms with Crippen LogP contribution >= 0.6 is 11.8 Å². The first-order chi connectivity index (χ1) is 8.45. The Morgan fingerprint density at radius 2 is 2.17 bits per heavy atom. The smallest absolute Gasteiger partial charge is 0.313 e. The van der Waals surface area contributed by atoms with Gasteiger partial charge in [0.25, 0.3) is 0 Å². The molecule has 1 aromatic rings. The van der Waals surface area contributed by atoms with E-state index in [9.17, 15) is 9.90 Å². The Morgan fingerprint density at radius 3 is 2.67 bits per heavy atom. The highest BCUT2D eigenvalue weighted by Gasteiger charge is 2.35. The third-order valence-corrected chi connectivity index (χ3v) is 3.83. The van der Waals surface area contributed by atoms with Crippen LogP contribution in [0.25, 0.3) is 0 Å². The highest BCUT2D eigenvalue weighted by molar-refractivity contribution is 7.99. The first-order valence-electron chi connectivity index (χ1n) is 5.86. The fourth-order valence-corrected chi connectivity index (χ4v) is 2.42. The molecule has 0 unspecified atom stereocenters. The van der Waals surface area contributed by atoms with Crippen molar-refractivity contribution in [1.29, 1.82) is 0 Å². The number of aliphatic hydroxyl groups excluding tert-OH is 1. The number of thioether (sulfide) groups is 1. The Balaban J connectivity index is 2.28. The molecule has 0 atom stereocenters. The Kier molecular flexibility index (Phi) is 3.63. The summed E-state index contributed by atoms with van der Waals surface area (Å²) in [6.45, 7) is 3.80. The van der Waals surface area contributed by atoms with Gasteiger partial charge in [-0.1, -0.05) is 25.6 Å². The van der Waals surface area contributed by atoms with Crippen LogP contribution in [0.3, 0.4) is 0 Å². The van der Waals surface area contributed by atoms with Crippen LogP contribution in [0, 0.1) is 0 Å². The zero-order valence-electron chi connectivity index (χ0n) is 10.5. The third-order valence-electron chi connectivity index (χ3n) is 2.90. The van der Waals surface area contributed by atoms with Crippen molar-refractivity contribution in [1.82, 2.24) is 14.8 Å². The number of aromatic nitrogens is 3. The lowest BCUT2D eigenvalue weighted by Gasteiger charge is -2.22. The maximum atomic E-state index is 10.6. The predicted molar refractivity (Wildman–Crippen MR) is 66.8 cm³/mol. The number of hydrogen-bond acceptors (Lipinski definition) is 5. The van der Waals surface area contributed by atoms with E-state index in [-0.39, 0.29) is 12.4 Å². The molecule has 7 heteroatoms. The Hall–Kier alpha value is -1.08. The third kappa shape index (κ3) is 2.67. The number of nitrogens with zero attached hydrogens (tertiary/aromatic N) is 3. The van der Waals surface area contributed by atoms with Gasteiger partial charge in [0.15, 0.2) is 5.16 Å². The predicted octanol–water partition coefficient (Wildman–Crippen LogP) is 1.06. The van der Waals surface area contributed by atoms with Gasteiger partial charge in [0, 0.05) is 11.5 Å². The highest BCUT2D eigenvalue weighted by atomic mass is 32.2. The number of hydrogen-bond donors (Lipinski definition) is 2. The average molecular weight is 271 g/mol. The molecular formula is C11H17N3O3S. The molecule has 100 valence electrons. The topological polar surface area (TPSA) is 88.2 Å². The minimum Gasteiger partial charge on any atom is -0.481 e. The van der Waals surface area contributed by atoms with Crippen molar-refractivity contribution in [3.8, 4) is 0 Å². The zero-order chi connectivity index (χ0) is 13.3. The number of carbonyl (C=O) groups is 1. The summed E-state index contributed by atoms with van der Waals surface area (Å²) in [6, 6.07) is 0.358. The number of aliphatic hydroxyl groups is 1. The second-order valence-corrected chi connectivity index (χ2v) is 6.07. The van der Waals surface area contributed by atoms with E-state index in [0.29, 0.717) is 11.2 Å². The van der Waals surface area contributed by atoms with E-state index in [0.717, 1.165) is 18.7 Å². The van der Waals surface area contributed by atoms with E-state index in [1.54, 1.807) is 0 Å². The molecule has 0 amide bonds. The van der Waals surface area contributed by atoms with Gasteiger partial charge < -0.3 is 14.8 Å². The zero-order valence-corrected chi connectivity index (χ0v) is 11.3. The van der Waals surface area contributed by atoms with Gasteiger partial charge in [-0.05, 0) is 12.8 Å². The van der Waals surface area contributed by atoms with Gasteiger partial charge >= 0.3 is 5.97 Å². The molecule has 1 heterocycles. The summed E-state index contributed by atoms with van der Waals surface area (Å²) < 4.78 is 1.99. The van der Waals surface area contributed by atoms with E-state index in [1.165, 1.54) is 11.8 Å². The van der Waals surface area contributed by atoms with Gasteiger partial charge in [-0.3, -0.25) is 4.79 Å². The lowest BCUT2D eigenvalue weighted by atomic mass is 9.94. The molecule has 0 radical (unpaired) electrons. The van der Waals surface area contributed by atoms with Crippen LogP contribution in [0.4, 0.5) is 0 Å². The van der Waals surface area contributed by atoms with Gasteiger partial charge in [0.05, 0.1) is 12.4 Å². The van der Waals surface area contributed by atoms with Gasteiger partial charge in [-0.15, -0.1) is 10.2 Å². The Labute approximate surface area is 109 Å². The molecule has 0 bridgehead atoms. The molecule has 1 saturated carbocycles. The molecule has 18 heavy (non-hydrogen) atoms. The second kappa shape index (κ2) is 4.89. The van der Waals surface area contributed by atoms with Crippen molar-refractivity contribution in [2.45, 2.75) is 43.3 Å². The number of rotatable bonds is 6. The van der Waals surface area contributed by atoms with Crippen molar-refractivity contribution in [3.63, 3.8) is 0 Å². The Morgan fingerprint density at radius 1 is 1.50 bits per heavy atom. The summed E-state index contributed by atoms with van der Waals surface area (Å²) in [5, 5.41) is 27.0. The standard InChI is InChI=1S/C11H17N3O3S/c1-11(2,6-15)9-12-13-10(18-5-8(16)17)14(9)7-3-4-7/h7,15H,3-6H2,1-2H3,(H,16,17). The highest BCUT2D eigenvalue weighted by Crippen LogP contribution is 2.41. The molecule has 1 fully saturated rings. The van der Waals surface area contributed by atoms with Crippen molar-refractivity contribution in [3.05, 3.63) is 5.82 Å². The van der Waals surface area contributed by atoms with Crippen LogP contribution in [0.15, 0.2) is 5.16 Å². The van der Waals surface area contributed by atoms with E-state index >= 15 is 0 Å². The van der Waals surface area contributed by atoms with Gasteiger partial charge in [-0.25, -0.2) is 0 Å². The molecule has 0 spiro atoms. The normalized spacial score (nSPS) is 15.9. The molecule has 1 aromatic heterocycles. The van der Waals surface area contributed by atoms with E-state index < -0.39 is 11.4 Å². The monoisotopic (exact) mass is 271 g/mol. The molecule has 0 saturated heterocycles. The van der Waals surface area contributed by atoms with E-state index in [1.807, 2.05) is 18.4 Å². The molecule has 2 rings (SSSR count). The molecule has 0 aliphatic heterocycles. The van der Waals surface area contributed by atoms with Crippen LogP contribution in [0.2, 0.25) is 0 Å².